The molecule has 0 amide bonds. The smallest absolute Gasteiger partial charge is 0.0943 e. The summed E-state index contributed by atoms with van der Waals surface area (Å²) in [6.45, 7) is 0. The third-order valence-electron chi connectivity index (χ3n) is 5.03. The molecule has 1 aromatic rings. The first kappa shape index (κ1) is 13.1. The Morgan fingerprint density at radius 1 is 1.37 bits per heavy atom. The number of aromatic nitrogens is 1. The second-order valence-electron chi connectivity index (χ2n) is 5.97. The summed E-state index contributed by atoms with van der Waals surface area (Å²) >= 11 is 0. The van der Waals surface area contributed by atoms with Crippen LogP contribution >= 0.6 is 0 Å². The Morgan fingerprint density at radius 3 is 2.89 bits per heavy atom. The van der Waals surface area contributed by atoms with Gasteiger partial charge in [-0.05, 0) is 37.3 Å². The fraction of sp³-hybridized carbons (Fsp3) is 0.688. The molecule has 1 N–H and O–H groups in total. The minimum absolute atomic E-state index is 0.147. The lowest BCUT2D eigenvalue weighted by atomic mass is 9.75. The Hall–Kier alpha value is -0.930. The van der Waals surface area contributed by atoms with Crippen molar-refractivity contribution in [3.05, 3.63) is 29.6 Å². The van der Waals surface area contributed by atoms with Crippen LogP contribution < -0.4 is 0 Å². The molecule has 2 atom stereocenters. The van der Waals surface area contributed by atoms with Crippen LogP contribution in [0.5, 0.6) is 0 Å². The number of aryl methyl sites for hydroxylation is 1. The van der Waals surface area contributed by atoms with Gasteiger partial charge in [0.25, 0.3) is 0 Å². The lowest BCUT2D eigenvalue weighted by Crippen LogP contribution is -2.48. The Bertz CT molecular complexity index is 440. The van der Waals surface area contributed by atoms with Gasteiger partial charge in [-0.25, -0.2) is 0 Å². The standard InChI is InChI=1S/C16H23NO2/c1-19-16(9-3-2-4-10-16)15(18)13-8-7-12-6-5-11-17-14(12)13/h5-6,11,13,15,18H,2-4,7-10H2,1H3. The number of aliphatic hydroxyl groups excluding tert-OH is 1. The van der Waals surface area contributed by atoms with E-state index in [1.54, 1.807) is 7.11 Å². The van der Waals surface area contributed by atoms with E-state index in [-0.39, 0.29) is 11.5 Å². The maximum atomic E-state index is 10.9. The molecule has 2 unspecified atom stereocenters. The van der Waals surface area contributed by atoms with E-state index in [0.717, 1.165) is 44.2 Å². The van der Waals surface area contributed by atoms with E-state index in [2.05, 4.69) is 11.1 Å². The van der Waals surface area contributed by atoms with Crippen LogP contribution in [-0.2, 0) is 11.2 Å². The third kappa shape index (κ3) is 2.19. The summed E-state index contributed by atoms with van der Waals surface area (Å²) in [5, 5.41) is 10.9. The minimum atomic E-state index is -0.422. The molecule has 1 fully saturated rings. The van der Waals surface area contributed by atoms with Gasteiger partial charge in [-0.15, -0.1) is 0 Å². The topological polar surface area (TPSA) is 42.4 Å². The number of nitrogens with zero attached hydrogens (tertiary/aromatic N) is 1. The van der Waals surface area contributed by atoms with Crippen molar-refractivity contribution in [1.82, 2.24) is 4.98 Å². The highest BCUT2D eigenvalue weighted by Crippen LogP contribution is 2.43. The van der Waals surface area contributed by atoms with Gasteiger partial charge < -0.3 is 9.84 Å². The van der Waals surface area contributed by atoms with E-state index in [4.69, 9.17) is 4.74 Å². The Kier molecular flexibility index (Phi) is 3.59. The summed E-state index contributed by atoms with van der Waals surface area (Å²) in [5.41, 5.74) is 2.05. The number of hydrogen-bond donors (Lipinski definition) is 1. The highest BCUT2D eigenvalue weighted by Gasteiger charge is 2.45. The lowest BCUT2D eigenvalue weighted by Gasteiger charge is -2.42. The molecule has 3 rings (SSSR count). The fourth-order valence-corrected chi connectivity index (χ4v) is 3.89. The maximum Gasteiger partial charge on any atom is 0.0943 e. The monoisotopic (exact) mass is 261 g/mol. The summed E-state index contributed by atoms with van der Waals surface area (Å²) < 4.78 is 5.79. The van der Waals surface area contributed by atoms with Gasteiger partial charge in [-0.3, -0.25) is 4.98 Å². The number of ether oxygens (including phenoxy) is 1. The predicted octanol–water partition coefficient (Wildman–Crippen LogP) is 2.82. The number of hydrogen-bond acceptors (Lipinski definition) is 3. The molecule has 3 nitrogen and oxygen atoms in total. The van der Waals surface area contributed by atoms with Gasteiger partial charge in [0.15, 0.2) is 0 Å². The van der Waals surface area contributed by atoms with Gasteiger partial charge in [0.05, 0.1) is 11.7 Å². The SMILES string of the molecule is COC1(C(O)C2CCc3cccnc32)CCCCC1. The van der Waals surface area contributed by atoms with E-state index >= 15 is 0 Å². The normalized spacial score (nSPS) is 26.9. The van der Waals surface area contributed by atoms with Crippen molar-refractivity contribution < 1.29 is 9.84 Å². The zero-order chi connectivity index (χ0) is 13.3. The van der Waals surface area contributed by atoms with E-state index in [0.29, 0.717) is 0 Å². The second kappa shape index (κ2) is 5.22. The molecule has 0 spiro atoms. The average Bonchev–Trinajstić information content (AvgIpc) is 2.91. The van der Waals surface area contributed by atoms with Crippen LogP contribution in [0.2, 0.25) is 0 Å². The van der Waals surface area contributed by atoms with E-state index in [9.17, 15) is 5.11 Å². The number of pyridine rings is 1. The molecule has 104 valence electrons. The summed E-state index contributed by atoms with van der Waals surface area (Å²) in [7, 11) is 1.75. The molecule has 2 aliphatic rings. The van der Waals surface area contributed by atoms with E-state index < -0.39 is 6.10 Å². The fourth-order valence-electron chi connectivity index (χ4n) is 3.89. The van der Waals surface area contributed by atoms with Crippen LogP contribution in [0.4, 0.5) is 0 Å². The van der Waals surface area contributed by atoms with Crippen molar-refractivity contribution >= 4 is 0 Å². The summed E-state index contributed by atoms with van der Waals surface area (Å²) in [5.74, 6) is 0.147. The molecular formula is C16H23NO2. The third-order valence-corrected chi connectivity index (χ3v) is 5.03. The van der Waals surface area contributed by atoms with Gasteiger partial charge in [-0.2, -0.15) is 0 Å². The second-order valence-corrected chi connectivity index (χ2v) is 5.97. The molecule has 3 heteroatoms. The molecular weight excluding hydrogens is 238 g/mol. The zero-order valence-corrected chi connectivity index (χ0v) is 11.6. The molecule has 19 heavy (non-hydrogen) atoms. The molecule has 0 aliphatic heterocycles. The minimum Gasteiger partial charge on any atom is -0.389 e. The van der Waals surface area contributed by atoms with Gasteiger partial charge in [-0.1, -0.05) is 25.3 Å². The van der Waals surface area contributed by atoms with Crippen molar-refractivity contribution in [1.29, 1.82) is 0 Å². The summed E-state index contributed by atoms with van der Waals surface area (Å²) in [6.07, 6.45) is 8.98. The van der Waals surface area contributed by atoms with Crippen LogP contribution in [0, 0.1) is 0 Å². The van der Waals surface area contributed by atoms with Gasteiger partial charge in [0.2, 0.25) is 0 Å². The van der Waals surface area contributed by atoms with Crippen LogP contribution in [0.15, 0.2) is 18.3 Å². The Balaban J connectivity index is 1.86. The highest BCUT2D eigenvalue weighted by atomic mass is 16.5. The highest BCUT2D eigenvalue weighted by molar-refractivity contribution is 5.30. The largest absolute Gasteiger partial charge is 0.389 e. The molecule has 1 aromatic heterocycles. The van der Waals surface area contributed by atoms with Gasteiger partial charge in [0.1, 0.15) is 0 Å². The summed E-state index contributed by atoms with van der Waals surface area (Å²) in [6, 6.07) is 4.12. The molecule has 1 saturated carbocycles. The van der Waals surface area contributed by atoms with Crippen LogP contribution in [0.1, 0.15) is 55.7 Å². The van der Waals surface area contributed by atoms with E-state index in [1.807, 2.05) is 12.3 Å². The van der Waals surface area contributed by atoms with E-state index in [1.165, 1.54) is 12.0 Å². The molecule has 0 bridgehead atoms. The van der Waals surface area contributed by atoms with Crippen molar-refractivity contribution in [2.75, 3.05) is 7.11 Å². The maximum absolute atomic E-state index is 10.9. The predicted molar refractivity (Wildman–Crippen MR) is 74.1 cm³/mol. The van der Waals surface area contributed by atoms with Crippen LogP contribution in [-0.4, -0.2) is 28.9 Å². The average molecular weight is 261 g/mol. The van der Waals surface area contributed by atoms with Gasteiger partial charge in [0, 0.05) is 24.9 Å². The lowest BCUT2D eigenvalue weighted by molar-refractivity contribution is -0.131. The molecule has 1 heterocycles. The van der Waals surface area contributed by atoms with Crippen molar-refractivity contribution in [3.63, 3.8) is 0 Å². The van der Waals surface area contributed by atoms with Crippen molar-refractivity contribution in [2.45, 2.75) is 62.6 Å². The number of methoxy groups -OCH3 is 1. The molecule has 2 aliphatic carbocycles. The number of rotatable bonds is 3. The van der Waals surface area contributed by atoms with Crippen LogP contribution in [0.3, 0.4) is 0 Å². The summed E-state index contributed by atoms with van der Waals surface area (Å²) in [4.78, 5) is 4.51. The number of aliphatic hydroxyl groups is 1. The first-order valence-corrected chi connectivity index (χ1v) is 7.44. The zero-order valence-electron chi connectivity index (χ0n) is 11.6. The Labute approximate surface area is 115 Å². The first-order valence-electron chi connectivity index (χ1n) is 7.44. The van der Waals surface area contributed by atoms with Gasteiger partial charge >= 0.3 is 0 Å². The molecule has 0 saturated heterocycles. The van der Waals surface area contributed by atoms with Crippen molar-refractivity contribution in [3.8, 4) is 0 Å². The molecule has 0 radical (unpaired) electrons. The van der Waals surface area contributed by atoms with Crippen molar-refractivity contribution in [2.24, 2.45) is 0 Å². The first-order chi connectivity index (χ1) is 9.27. The number of fused-ring (bicyclic) bond motifs is 1. The Morgan fingerprint density at radius 2 is 2.16 bits per heavy atom. The molecule has 0 aromatic carbocycles. The quantitative estimate of drug-likeness (QED) is 0.909. The van der Waals surface area contributed by atoms with Crippen LogP contribution in [0.25, 0.3) is 0 Å².